The number of amides is 1. The number of rotatable bonds is 4. The molecule has 1 heterocycles. The molecule has 0 unspecified atom stereocenters. The van der Waals surface area contributed by atoms with Crippen LogP contribution in [0.4, 0.5) is 18.2 Å². The van der Waals surface area contributed by atoms with Gasteiger partial charge in [-0.3, -0.25) is 4.79 Å². The van der Waals surface area contributed by atoms with Gasteiger partial charge in [-0.2, -0.15) is 13.2 Å². The highest BCUT2D eigenvalue weighted by Gasteiger charge is 2.29. The fraction of sp³-hybridized carbons (Fsp3) is 0.200. The maximum absolute atomic E-state index is 12.3. The van der Waals surface area contributed by atoms with E-state index in [1.807, 2.05) is 0 Å². The maximum atomic E-state index is 12.3. The minimum atomic E-state index is -4.40. The molecule has 0 spiro atoms. The van der Waals surface area contributed by atoms with Crippen LogP contribution in [0.3, 0.4) is 0 Å². The molecule has 0 aliphatic rings. The Hall–Kier alpha value is -2.00. The molecule has 0 fully saturated rings. The molecule has 0 aliphatic carbocycles. The molecule has 0 aliphatic heterocycles. The number of benzene rings is 1. The summed E-state index contributed by atoms with van der Waals surface area (Å²) in [5.41, 5.74) is -3.66. The van der Waals surface area contributed by atoms with Crippen LogP contribution in [-0.4, -0.2) is 22.5 Å². The van der Waals surface area contributed by atoms with Crippen molar-refractivity contribution >= 4 is 40.0 Å². The van der Waals surface area contributed by atoms with E-state index in [-0.39, 0.29) is 32.8 Å². The van der Waals surface area contributed by atoms with Crippen molar-refractivity contribution in [3.05, 3.63) is 45.8 Å². The van der Waals surface area contributed by atoms with Gasteiger partial charge < -0.3 is 10.4 Å². The van der Waals surface area contributed by atoms with Crippen LogP contribution in [0.5, 0.6) is 0 Å². The van der Waals surface area contributed by atoms with Crippen LogP contribution in [0.25, 0.3) is 0 Å². The zero-order chi connectivity index (χ0) is 18.1. The third-order valence-corrected chi connectivity index (χ3v) is 5.04. The Kier molecular flexibility index (Phi) is 5.24. The lowest BCUT2D eigenvalue weighted by molar-refractivity contribution is -0.0328. The Bertz CT molecular complexity index is 782. The molecular formula is C15H12F3NO3S2. The van der Waals surface area contributed by atoms with Crippen molar-refractivity contribution < 1.29 is 27.9 Å². The molecule has 0 saturated carbocycles. The van der Waals surface area contributed by atoms with Crippen LogP contribution < -0.4 is 5.32 Å². The second-order valence-corrected chi connectivity index (χ2v) is 7.18. The SMILES string of the molecule is Cc1sc(NC(=O)c2ccc(SC(F)(F)F)cc2)c(C(=O)O)c1C. The zero-order valence-electron chi connectivity index (χ0n) is 12.5. The molecule has 0 atom stereocenters. The van der Waals surface area contributed by atoms with Crippen molar-refractivity contribution in [1.82, 2.24) is 0 Å². The Balaban J connectivity index is 2.19. The van der Waals surface area contributed by atoms with Gasteiger partial charge in [-0.1, -0.05) is 0 Å². The number of carboxylic acid groups (broad SMARTS) is 1. The number of aryl methyl sites for hydroxylation is 1. The number of anilines is 1. The van der Waals surface area contributed by atoms with Gasteiger partial charge in [0.25, 0.3) is 5.91 Å². The number of hydrogen-bond donors (Lipinski definition) is 2. The second-order valence-electron chi connectivity index (χ2n) is 4.82. The van der Waals surface area contributed by atoms with Crippen molar-refractivity contribution in [1.29, 1.82) is 0 Å². The molecule has 1 aromatic carbocycles. The Morgan fingerprint density at radius 1 is 1.17 bits per heavy atom. The van der Waals surface area contributed by atoms with E-state index in [1.165, 1.54) is 24.3 Å². The van der Waals surface area contributed by atoms with Gasteiger partial charge in [0.15, 0.2) is 0 Å². The van der Waals surface area contributed by atoms with Crippen LogP contribution in [0, 0.1) is 13.8 Å². The molecule has 1 amide bonds. The lowest BCUT2D eigenvalue weighted by Crippen LogP contribution is -2.13. The minimum Gasteiger partial charge on any atom is -0.478 e. The van der Waals surface area contributed by atoms with Crippen LogP contribution in [0.15, 0.2) is 29.2 Å². The summed E-state index contributed by atoms with van der Waals surface area (Å²) in [4.78, 5) is 24.2. The average Bonchev–Trinajstić information content (AvgIpc) is 2.72. The molecule has 2 N–H and O–H groups in total. The fourth-order valence-corrected chi connectivity index (χ4v) is 3.54. The van der Waals surface area contributed by atoms with Gasteiger partial charge in [0.05, 0.1) is 5.56 Å². The van der Waals surface area contributed by atoms with Crippen molar-refractivity contribution in [2.45, 2.75) is 24.3 Å². The number of thiophene rings is 1. The highest BCUT2D eigenvalue weighted by molar-refractivity contribution is 8.00. The first-order valence-corrected chi connectivity index (χ1v) is 8.22. The summed E-state index contributed by atoms with van der Waals surface area (Å²) in [6, 6.07) is 4.90. The smallest absolute Gasteiger partial charge is 0.446 e. The maximum Gasteiger partial charge on any atom is 0.446 e. The summed E-state index contributed by atoms with van der Waals surface area (Å²) >= 11 is 0.867. The first-order chi connectivity index (χ1) is 11.1. The first-order valence-electron chi connectivity index (χ1n) is 6.59. The fourth-order valence-electron chi connectivity index (χ4n) is 1.96. The van der Waals surface area contributed by atoms with E-state index in [2.05, 4.69) is 5.32 Å². The number of carbonyl (C=O) groups excluding carboxylic acids is 1. The largest absolute Gasteiger partial charge is 0.478 e. The van der Waals surface area contributed by atoms with Gasteiger partial charge in [0, 0.05) is 15.3 Å². The molecule has 0 bridgehead atoms. The number of alkyl halides is 3. The van der Waals surface area contributed by atoms with Gasteiger partial charge in [-0.15, -0.1) is 11.3 Å². The summed E-state index contributed by atoms with van der Waals surface area (Å²) in [6.45, 7) is 3.39. The van der Waals surface area contributed by atoms with Crippen molar-refractivity contribution in [3.8, 4) is 0 Å². The number of carbonyl (C=O) groups is 2. The van der Waals surface area contributed by atoms with E-state index in [0.717, 1.165) is 16.2 Å². The number of carboxylic acids is 1. The molecule has 2 aromatic rings. The van der Waals surface area contributed by atoms with E-state index in [0.29, 0.717) is 5.56 Å². The van der Waals surface area contributed by atoms with Gasteiger partial charge in [0.2, 0.25) is 0 Å². The topological polar surface area (TPSA) is 66.4 Å². The normalized spacial score (nSPS) is 11.4. The summed E-state index contributed by atoms with van der Waals surface area (Å²) < 4.78 is 36.8. The van der Waals surface area contributed by atoms with E-state index in [1.54, 1.807) is 13.8 Å². The Morgan fingerprint density at radius 3 is 2.25 bits per heavy atom. The summed E-state index contributed by atoms with van der Waals surface area (Å²) in [5, 5.41) is 11.9. The van der Waals surface area contributed by atoms with Crippen molar-refractivity contribution in [2.75, 3.05) is 5.32 Å². The summed E-state index contributed by atoms with van der Waals surface area (Å²) in [5.74, 6) is -1.73. The van der Waals surface area contributed by atoms with Crippen molar-refractivity contribution in [2.24, 2.45) is 0 Å². The highest BCUT2D eigenvalue weighted by Crippen LogP contribution is 2.37. The molecule has 128 valence electrons. The minimum absolute atomic E-state index is 0.0232. The van der Waals surface area contributed by atoms with Gasteiger partial charge >= 0.3 is 11.5 Å². The van der Waals surface area contributed by atoms with Gasteiger partial charge in [-0.05, 0) is 55.4 Å². The zero-order valence-corrected chi connectivity index (χ0v) is 14.2. The number of halogens is 3. The van der Waals surface area contributed by atoms with Crippen LogP contribution in [-0.2, 0) is 0 Å². The molecular weight excluding hydrogens is 363 g/mol. The molecule has 2 rings (SSSR count). The predicted molar refractivity (Wildman–Crippen MR) is 87.1 cm³/mol. The van der Waals surface area contributed by atoms with Gasteiger partial charge in [-0.25, -0.2) is 4.79 Å². The standard InChI is InChI=1S/C15H12F3NO3S2/c1-7-8(2)23-13(11(7)14(21)22)19-12(20)9-3-5-10(6-4-9)24-15(16,17)18/h3-6H,1-2H3,(H,19,20)(H,21,22). The average molecular weight is 375 g/mol. The second kappa shape index (κ2) is 6.86. The quantitative estimate of drug-likeness (QED) is 0.744. The number of aromatic carboxylic acids is 1. The monoisotopic (exact) mass is 375 g/mol. The first kappa shape index (κ1) is 18.3. The third-order valence-electron chi connectivity index (χ3n) is 3.18. The number of hydrogen-bond acceptors (Lipinski definition) is 4. The van der Waals surface area contributed by atoms with E-state index < -0.39 is 17.4 Å². The lowest BCUT2D eigenvalue weighted by Gasteiger charge is -2.07. The molecule has 24 heavy (non-hydrogen) atoms. The van der Waals surface area contributed by atoms with Crippen LogP contribution >= 0.6 is 23.1 Å². The van der Waals surface area contributed by atoms with Crippen molar-refractivity contribution in [3.63, 3.8) is 0 Å². The molecule has 4 nitrogen and oxygen atoms in total. The van der Waals surface area contributed by atoms with E-state index >= 15 is 0 Å². The summed E-state index contributed by atoms with van der Waals surface area (Å²) in [6.07, 6.45) is 0. The van der Waals surface area contributed by atoms with Crippen LogP contribution in [0.2, 0.25) is 0 Å². The van der Waals surface area contributed by atoms with Crippen LogP contribution in [0.1, 0.15) is 31.2 Å². The lowest BCUT2D eigenvalue weighted by atomic mass is 10.1. The Morgan fingerprint density at radius 2 is 1.75 bits per heavy atom. The van der Waals surface area contributed by atoms with E-state index in [9.17, 15) is 27.9 Å². The number of nitrogens with one attached hydrogen (secondary N) is 1. The van der Waals surface area contributed by atoms with E-state index in [4.69, 9.17) is 0 Å². The third kappa shape index (κ3) is 4.30. The molecule has 0 saturated heterocycles. The Labute approximate surface area is 143 Å². The number of thioether (sulfide) groups is 1. The molecule has 1 aromatic heterocycles. The molecule has 0 radical (unpaired) electrons. The highest BCUT2D eigenvalue weighted by atomic mass is 32.2. The predicted octanol–water partition coefficient (Wildman–Crippen LogP) is 4.93. The van der Waals surface area contributed by atoms with Gasteiger partial charge in [0.1, 0.15) is 5.00 Å². The molecule has 9 heteroatoms. The summed E-state index contributed by atoms with van der Waals surface area (Å²) in [7, 11) is 0.